The van der Waals surface area contributed by atoms with Gasteiger partial charge in [0.2, 0.25) is 0 Å². The summed E-state index contributed by atoms with van der Waals surface area (Å²) in [5, 5.41) is 0. The van der Waals surface area contributed by atoms with Crippen LogP contribution in [0, 0.1) is 0 Å². The lowest BCUT2D eigenvalue weighted by Gasteiger charge is -2.36. The van der Waals surface area contributed by atoms with Crippen molar-refractivity contribution in [2.45, 2.75) is 80.2 Å². The highest BCUT2D eigenvalue weighted by molar-refractivity contribution is 5.42. The zero-order chi connectivity index (χ0) is 16.2. The minimum absolute atomic E-state index is 0.133. The standard InChI is InChI=1S/C12H19N.C4H10.C3H8/c1-6-7-11-8-12(3,4)13(5)9-10(11)2;1-3-4-2;1-3-2/h6-9H,1-5H3;3-4H2,1-2H3;3H2,1-2H3/b7-6-;;. The third-order valence-corrected chi connectivity index (χ3v) is 3.11. The van der Waals surface area contributed by atoms with Crippen LogP contribution < -0.4 is 0 Å². The fourth-order valence-corrected chi connectivity index (χ4v) is 1.49. The normalized spacial score (nSPS) is 16.6. The Bertz CT molecular complexity index is 317. The molecule has 118 valence electrons. The van der Waals surface area contributed by atoms with Gasteiger partial charge in [-0.05, 0) is 38.8 Å². The molecule has 1 nitrogen and oxygen atoms in total. The van der Waals surface area contributed by atoms with Gasteiger partial charge in [0.25, 0.3) is 0 Å². The first-order valence-corrected chi connectivity index (χ1v) is 8.07. The van der Waals surface area contributed by atoms with Gasteiger partial charge in [-0.25, -0.2) is 0 Å². The molecule has 1 rings (SSSR count). The highest BCUT2D eigenvalue weighted by atomic mass is 15.1. The van der Waals surface area contributed by atoms with Crippen LogP contribution in [0.15, 0.2) is 35.6 Å². The maximum Gasteiger partial charge on any atom is 0.0528 e. The Morgan fingerprint density at radius 1 is 1.10 bits per heavy atom. The molecule has 0 saturated carbocycles. The molecule has 0 radical (unpaired) electrons. The van der Waals surface area contributed by atoms with Crippen LogP contribution in [0.4, 0.5) is 0 Å². The van der Waals surface area contributed by atoms with Crippen molar-refractivity contribution >= 4 is 0 Å². The Kier molecular flexibility index (Phi) is 12.6. The maximum absolute atomic E-state index is 2.31. The summed E-state index contributed by atoms with van der Waals surface area (Å²) in [6, 6.07) is 0. The summed E-state index contributed by atoms with van der Waals surface area (Å²) in [4.78, 5) is 2.25. The van der Waals surface area contributed by atoms with Gasteiger partial charge in [-0.2, -0.15) is 0 Å². The molecule has 0 aromatic rings. The first-order chi connectivity index (χ1) is 9.30. The number of hydrogen-bond donors (Lipinski definition) is 0. The molecule has 0 bridgehead atoms. The van der Waals surface area contributed by atoms with E-state index >= 15 is 0 Å². The molecule has 20 heavy (non-hydrogen) atoms. The molecular formula is C19H37N. The van der Waals surface area contributed by atoms with Crippen LogP contribution >= 0.6 is 0 Å². The number of nitrogens with zero attached hydrogens (tertiary/aromatic N) is 1. The van der Waals surface area contributed by atoms with Gasteiger partial charge >= 0.3 is 0 Å². The number of likely N-dealkylation sites (N-methyl/N-ethyl adjacent to an activating group) is 1. The van der Waals surface area contributed by atoms with Crippen molar-refractivity contribution in [1.29, 1.82) is 0 Å². The monoisotopic (exact) mass is 279 g/mol. The fourth-order valence-electron chi connectivity index (χ4n) is 1.49. The van der Waals surface area contributed by atoms with Gasteiger partial charge in [0.1, 0.15) is 0 Å². The fraction of sp³-hybridized carbons (Fsp3) is 0.684. The molecule has 0 aliphatic carbocycles. The lowest BCUT2D eigenvalue weighted by atomic mass is 9.92. The highest BCUT2D eigenvalue weighted by Gasteiger charge is 2.22. The number of rotatable bonds is 2. The molecule has 1 aliphatic heterocycles. The van der Waals surface area contributed by atoms with Crippen LogP contribution in [0.5, 0.6) is 0 Å². The highest BCUT2D eigenvalue weighted by Crippen LogP contribution is 2.27. The molecule has 1 heterocycles. The largest absolute Gasteiger partial charge is 0.372 e. The van der Waals surface area contributed by atoms with Crippen LogP contribution in [0.1, 0.15) is 74.7 Å². The molecule has 0 spiro atoms. The minimum atomic E-state index is 0.133. The molecule has 0 fully saturated rings. The van der Waals surface area contributed by atoms with Crippen LogP contribution in [-0.2, 0) is 0 Å². The van der Waals surface area contributed by atoms with E-state index in [1.54, 1.807) is 0 Å². The minimum Gasteiger partial charge on any atom is -0.372 e. The Labute approximate surface area is 128 Å². The average molecular weight is 280 g/mol. The SMILES string of the molecule is C/C=C\C1=CC(C)(C)N(C)C=C1C.CCC.CCCC. The third kappa shape index (κ3) is 9.01. The van der Waals surface area contributed by atoms with Gasteiger partial charge < -0.3 is 4.90 Å². The third-order valence-electron chi connectivity index (χ3n) is 3.11. The zero-order valence-electron chi connectivity index (χ0n) is 15.4. The molecule has 0 N–H and O–H groups in total. The smallest absolute Gasteiger partial charge is 0.0528 e. The second-order valence-corrected chi connectivity index (χ2v) is 5.88. The van der Waals surface area contributed by atoms with Crippen molar-refractivity contribution in [2.24, 2.45) is 0 Å². The Balaban J connectivity index is 0. The number of unbranched alkanes of at least 4 members (excludes halogenated alkanes) is 1. The molecule has 0 amide bonds. The molecule has 0 aromatic heterocycles. The summed E-state index contributed by atoms with van der Waals surface area (Å²) in [6.45, 7) is 17.3. The molecule has 0 saturated heterocycles. The molecule has 1 aliphatic rings. The van der Waals surface area contributed by atoms with Gasteiger partial charge in [-0.15, -0.1) is 0 Å². The van der Waals surface area contributed by atoms with Crippen LogP contribution in [0.25, 0.3) is 0 Å². The zero-order valence-corrected chi connectivity index (χ0v) is 15.4. The van der Waals surface area contributed by atoms with Crippen LogP contribution in [0.2, 0.25) is 0 Å². The van der Waals surface area contributed by atoms with Crippen molar-refractivity contribution in [3.05, 3.63) is 35.6 Å². The van der Waals surface area contributed by atoms with E-state index in [-0.39, 0.29) is 5.54 Å². The van der Waals surface area contributed by atoms with E-state index in [4.69, 9.17) is 0 Å². The van der Waals surface area contributed by atoms with Crippen LogP contribution in [-0.4, -0.2) is 17.5 Å². The average Bonchev–Trinajstić information content (AvgIpc) is 2.37. The topological polar surface area (TPSA) is 3.24 Å². The van der Waals surface area contributed by atoms with Crippen molar-refractivity contribution in [3.63, 3.8) is 0 Å². The summed E-state index contributed by atoms with van der Waals surface area (Å²) in [6.07, 6.45) is 12.7. The van der Waals surface area contributed by atoms with Gasteiger partial charge in [0.05, 0.1) is 5.54 Å². The maximum atomic E-state index is 2.31. The van der Waals surface area contributed by atoms with Crippen LogP contribution in [0.3, 0.4) is 0 Å². The Hall–Kier alpha value is -0.980. The number of allylic oxidation sites excluding steroid dienone is 4. The summed E-state index contributed by atoms with van der Waals surface area (Å²) in [7, 11) is 2.12. The van der Waals surface area contributed by atoms with E-state index in [0.29, 0.717) is 0 Å². The predicted molar refractivity (Wildman–Crippen MR) is 95.0 cm³/mol. The lowest BCUT2D eigenvalue weighted by Crippen LogP contribution is -2.37. The van der Waals surface area contributed by atoms with Gasteiger partial charge in [-0.3, -0.25) is 0 Å². The second-order valence-electron chi connectivity index (χ2n) is 5.88. The van der Waals surface area contributed by atoms with E-state index < -0.39 is 0 Å². The van der Waals surface area contributed by atoms with E-state index in [0.717, 1.165) is 0 Å². The molecule has 0 unspecified atom stereocenters. The quantitative estimate of drug-likeness (QED) is 0.570. The summed E-state index contributed by atoms with van der Waals surface area (Å²) >= 11 is 0. The molecular weight excluding hydrogens is 242 g/mol. The van der Waals surface area contributed by atoms with E-state index in [2.05, 4.69) is 91.8 Å². The lowest BCUT2D eigenvalue weighted by molar-refractivity contribution is 0.278. The van der Waals surface area contributed by atoms with E-state index in [1.807, 2.05) is 0 Å². The van der Waals surface area contributed by atoms with E-state index in [1.165, 1.54) is 30.4 Å². The number of hydrogen-bond acceptors (Lipinski definition) is 1. The van der Waals surface area contributed by atoms with Crippen molar-refractivity contribution < 1.29 is 0 Å². The second kappa shape index (κ2) is 11.8. The summed E-state index contributed by atoms with van der Waals surface area (Å²) in [5.74, 6) is 0. The Morgan fingerprint density at radius 3 is 1.90 bits per heavy atom. The van der Waals surface area contributed by atoms with E-state index in [9.17, 15) is 0 Å². The molecule has 0 aromatic carbocycles. The predicted octanol–water partition coefficient (Wildman–Crippen LogP) is 6.34. The summed E-state index contributed by atoms with van der Waals surface area (Å²) in [5.41, 5.74) is 2.81. The van der Waals surface area contributed by atoms with Crippen molar-refractivity contribution in [2.75, 3.05) is 7.05 Å². The molecule has 0 atom stereocenters. The molecule has 1 heteroatoms. The summed E-state index contributed by atoms with van der Waals surface area (Å²) < 4.78 is 0. The van der Waals surface area contributed by atoms with Crippen molar-refractivity contribution in [3.8, 4) is 0 Å². The van der Waals surface area contributed by atoms with Gasteiger partial charge in [0.15, 0.2) is 0 Å². The van der Waals surface area contributed by atoms with Gasteiger partial charge in [0, 0.05) is 13.2 Å². The first kappa shape index (κ1) is 21.3. The van der Waals surface area contributed by atoms with Gasteiger partial charge in [-0.1, -0.05) is 65.2 Å². The Morgan fingerprint density at radius 2 is 1.55 bits per heavy atom. The van der Waals surface area contributed by atoms with Crippen molar-refractivity contribution in [1.82, 2.24) is 4.90 Å². The first-order valence-electron chi connectivity index (χ1n) is 8.07.